The van der Waals surface area contributed by atoms with E-state index >= 15 is 0 Å². The van der Waals surface area contributed by atoms with Gasteiger partial charge in [-0.1, -0.05) is 48.0 Å². The van der Waals surface area contributed by atoms with E-state index < -0.39 is 0 Å². The van der Waals surface area contributed by atoms with Gasteiger partial charge in [0, 0.05) is 5.56 Å². The Kier molecular flexibility index (Phi) is 3.03. The predicted molar refractivity (Wildman–Crippen MR) is 81.3 cm³/mol. The number of benzene rings is 2. The number of H-pyrrole nitrogens is 1. The quantitative estimate of drug-likeness (QED) is 0.756. The average molecular weight is 264 g/mol. The number of nitrogens with one attached hydrogen (secondary N) is 1. The van der Waals surface area contributed by atoms with Crippen LogP contribution in [0.4, 0.5) is 0 Å². The molecule has 0 bridgehead atoms. The van der Waals surface area contributed by atoms with Crippen molar-refractivity contribution in [1.29, 1.82) is 0 Å². The highest BCUT2D eigenvalue weighted by Gasteiger charge is 2.12. The lowest BCUT2D eigenvalue weighted by atomic mass is 10.1. The van der Waals surface area contributed by atoms with Gasteiger partial charge < -0.3 is 0 Å². The van der Waals surface area contributed by atoms with Crippen molar-refractivity contribution in [2.24, 2.45) is 0 Å². The first-order valence-corrected chi connectivity index (χ1v) is 6.61. The van der Waals surface area contributed by atoms with Gasteiger partial charge in [0.05, 0.1) is 11.4 Å². The number of aromatic nitrogens is 2. The van der Waals surface area contributed by atoms with Crippen molar-refractivity contribution in [1.82, 2.24) is 9.78 Å². The summed E-state index contributed by atoms with van der Waals surface area (Å²) in [5.74, 6) is 0. The number of aryl methyl sites for hydroxylation is 1. The fraction of sp³-hybridized carbons (Fsp3) is 0.118. The van der Waals surface area contributed by atoms with Crippen LogP contribution in [-0.4, -0.2) is 9.78 Å². The van der Waals surface area contributed by atoms with Gasteiger partial charge >= 0.3 is 0 Å². The summed E-state index contributed by atoms with van der Waals surface area (Å²) >= 11 is 0. The number of para-hydroxylation sites is 1. The molecule has 0 unspecified atom stereocenters. The maximum Gasteiger partial charge on any atom is 0.274 e. The minimum Gasteiger partial charge on any atom is -0.290 e. The Morgan fingerprint density at radius 1 is 0.900 bits per heavy atom. The van der Waals surface area contributed by atoms with Crippen molar-refractivity contribution in [3.63, 3.8) is 0 Å². The molecule has 0 fully saturated rings. The molecule has 0 aliphatic carbocycles. The molecule has 1 heterocycles. The van der Waals surface area contributed by atoms with Crippen LogP contribution in [0, 0.1) is 13.8 Å². The molecule has 100 valence electrons. The summed E-state index contributed by atoms with van der Waals surface area (Å²) in [7, 11) is 0. The van der Waals surface area contributed by atoms with Gasteiger partial charge in [0.25, 0.3) is 5.56 Å². The highest BCUT2D eigenvalue weighted by atomic mass is 16.1. The third kappa shape index (κ3) is 2.07. The summed E-state index contributed by atoms with van der Waals surface area (Å²) in [6.45, 7) is 3.90. The number of rotatable bonds is 2. The van der Waals surface area contributed by atoms with Gasteiger partial charge in [0.15, 0.2) is 0 Å². The SMILES string of the molecule is Cc1ccc(-c2[nH]n(-c3ccccc3)c(=O)c2C)cc1. The lowest BCUT2D eigenvalue weighted by Crippen LogP contribution is -2.15. The molecule has 20 heavy (non-hydrogen) atoms. The lowest BCUT2D eigenvalue weighted by molar-refractivity contribution is 0.851. The van der Waals surface area contributed by atoms with Gasteiger partial charge in [0.2, 0.25) is 0 Å². The van der Waals surface area contributed by atoms with E-state index in [0.29, 0.717) is 0 Å². The number of hydrogen-bond donors (Lipinski definition) is 1. The molecule has 3 nitrogen and oxygen atoms in total. The molecule has 3 aromatic rings. The number of aromatic amines is 1. The first-order chi connectivity index (χ1) is 9.66. The third-order valence-corrected chi connectivity index (χ3v) is 3.48. The van der Waals surface area contributed by atoms with E-state index in [2.05, 4.69) is 12.0 Å². The normalized spacial score (nSPS) is 10.7. The first-order valence-electron chi connectivity index (χ1n) is 6.61. The maximum absolute atomic E-state index is 12.4. The summed E-state index contributed by atoms with van der Waals surface area (Å²) < 4.78 is 1.59. The smallest absolute Gasteiger partial charge is 0.274 e. The molecule has 0 saturated heterocycles. The van der Waals surface area contributed by atoms with E-state index in [1.54, 1.807) is 4.68 Å². The van der Waals surface area contributed by atoms with Gasteiger partial charge in [0.1, 0.15) is 0 Å². The van der Waals surface area contributed by atoms with Gasteiger partial charge in [-0.3, -0.25) is 9.89 Å². The molecule has 0 atom stereocenters. The lowest BCUT2D eigenvalue weighted by Gasteiger charge is -2.02. The van der Waals surface area contributed by atoms with Gasteiger partial charge in [-0.2, -0.15) is 0 Å². The molecule has 1 N–H and O–H groups in total. The molecule has 0 aliphatic rings. The van der Waals surface area contributed by atoms with Crippen LogP contribution in [0.3, 0.4) is 0 Å². The first kappa shape index (κ1) is 12.5. The largest absolute Gasteiger partial charge is 0.290 e. The van der Waals surface area contributed by atoms with Crippen molar-refractivity contribution in [3.8, 4) is 16.9 Å². The van der Waals surface area contributed by atoms with Crippen LogP contribution < -0.4 is 5.56 Å². The van der Waals surface area contributed by atoms with Crippen LogP contribution in [0.25, 0.3) is 16.9 Å². The topological polar surface area (TPSA) is 37.8 Å². The number of nitrogens with zero attached hydrogens (tertiary/aromatic N) is 1. The second-order valence-corrected chi connectivity index (χ2v) is 4.95. The second-order valence-electron chi connectivity index (χ2n) is 4.95. The van der Waals surface area contributed by atoms with Crippen molar-refractivity contribution in [2.75, 3.05) is 0 Å². The van der Waals surface area contributed by atoms with Crippen LogP contribution in [0.5, 0.6) is 0 Å². The molecule has 0 radical (unpaired) electrons. The molecule has 0 saturated carbocycles. The molecular formula is C17H16N2O. The Bertz CT molecular complexity index is 780. The average Bonchev–Trinajstić information content (AvgIpc) is 2.77. The monoisotopic (exact) mass is 264 g/mol. The summed E-state index contributed by atoms with van der Waals surface area (Å²) in [5, 5.41) is 3.21. The summed E-state index contributed by atoms with van der Waals surface area (Å²) in [6.07, 6.45) is 0. The molecule has 1 aromatic heterocycles. The van der Waals surface area contributed by atoms with Gasteiger partial charge in [-0.15, -0.1) is 0 Å². The molecule has 0 aliphatic heterocycles. The van der Waals surface area contributed by atoms with Crippen molar-refractivity contribution in [3.05, 3.63) is 76.1 Å². The van der Waals surface area contributed by atoms with E-state index in [1.807, 2.05) is 61.5 Å². The van der Waals surface area contributed by atoms with Crippen molar-refractivity contribution >= 4 is 0 Å². The standard InChI is InChI=1S/C17H16N2O/c1-12-8-10-14(11-9-12)16-13(2)17(20)19(18-16)15-6-4-3-5-7-15/h3-11,18H,1-2H3. The maximum atomic E-state index is 12.4. The minimum atomic E-state index is -0.00762. The number of hydrogen-bond acceptors (Lipinski definition) is 1. The minimum absolute atomic E-state index is 0.00762. The van der Waals surface area contributed by atoms with Crippen LogP contribution in [0.1, 0.15) is 11.1 Å². The van der Waals surface area contributed by atoms with Crippen LogP contribution in [-0.2, 0) is 0 Å². The highest BCUT2D eigenvalue weighted by molar-refractivity contribution is 5.63. The van der Waals surface area contributed by atoms with E-state index in [1.165, 1.54) is 5.56 Å². The van der Waals surface area contributed by atoms with Gasteiger partial charge in [-0.25, -0.2) is 4.68 Å². The van der Waals surface area contributed by atoms with E-state index in [9.17, 15) is 4.79 Å². The van der Waals surface area contributed by atoms with E-state index in [4.69, 9.17) is 0 Å². The van der Waals surface area contributed by atoms with Crippen LogP contribution in [0.15, 0.2) is 59.4 Å². The Morgan fingerprint density at radius 3 is 2.20 bits per heavy atom. The van der Waals surface area contributed by atoms with E-state index in [0.717, 1.165) is 22.5 Å². The fourth-order valence-electron chi connectivity index (χ4n) is 2.28. The zero-order chi connectivity index (χ0) is 14.1. The Labute approximate surface area is 117 Å². The molecule has 2 aromatic carbocycles. The van der Waals surface area contributed by atoms with E-state index in [-0.39, 0.29) is 5.56 Å². The Morgan fingerprint density at radius 2 is 1.55 bits per heavy atom. The summed E-state index contributed by atoms with van der Waals surface area (Å²) in [6, 6.07) is 17.8. The van der Waals surface area contributed by atoms with Crippen LogP contribution >= 0.6 is 0 Å². The fourth-order valence-corrected chi connectivity index (χ4v) is 2.28. The molecule has 0 spiro atoms. The second kappa shape index (κ2) is 4.85. The Balaban J connectivity index is 2.16. The molecule has 0 amide bonds. The third-order valence-electron chi connectivity index (χ3n) is 3.48. The molecule has 3 rings (SSSR count). The van der Waals surface area contributed by atoms with Crippen molar-refractivity contribution < 1.29 is 0 Å². The molecular weight excluding hydrogens is 248 g/mol. The van der Waals surface area contributed by atoms with Crippen molar-refractivity contribution in [2.45, 2.75) is 13.8 Å². The van der Waals surface area contributed by atoms with Crippen LogP contribution in [0.2, 0.25) is 0 Å². The summed E-state index contributed by atoms with van der Waals surface area (Å²) in [5.41, 5.74) is 4.68. The highest BCUT2D eigenvalue weighted by Crippen LogP contribution is 2.20. The Hall–Kier alpha value is -2.55. The van der Waals surface area contributed by atoms with Gasteiger partial charge in [-0.05, 0) is 31.5 Å². The predicted octanol–water partition coefficient (Wildman–Crippen LogP) is 3.45. The molecule has 3 heteroatoms. The zero-order valence-corrected chi connectivity index (χ0v) is 11.6. The summed E-state index contributed by atoms with van der Waals surface area (Å²) in [4.78, 5) is 12.4. The zero-order valence-electron chi connectivity index (χ0n) is 11.6.